The predicted molar refractivity (Wildman–Crippen MR) is 125 cm³/mol. The number of aromatic nitrogens is 3. The number of nitrogens with one attached hydrogen (secondary N) is 2. The van der Waals surface area contributed by atoms with Crippen molar-refractivity contribution in [3.05, 3.63) is 65.5 Å². The molecule has 0 bridgehead atoms. The standard InChI is InChI=1S/C23H27N5O3S/c1-5-28-21(16(3)24-22(30)17-10-12-18(31-4)13-11-17)26-27-23(28)32-14-20(29)25-19-9-7-6-8-15(19)2/h6-13,16H,5,14H2,1-4H3,(H,24,30)(H,25,29)/t16-/m0/s1. The lowest BCUT2D eigenvalue weighted by Gasteiger charge is -2.15. The van der Waals surface area contributed by atoms with Crippen molar-refractivity contribution in [3.8, 4) is 5.75 Å². The molecule has 3 aromatic rings. The Bertz CT molecular complexity index is 1080. The van der Waals surface area contributed by atoms with Gasteiger partial charge >= 0.3 is 0 Å². The summed E-state index contributed by atoms with van der Waals surface area (Å²) in [5.74, 6) is 1.21. The van der Waals surface area contributed by atoms with Gasteiger partial charge in [0.15, 0.2) is 11.0 Å². The molecule has 1 heterocycles. The molecule has 9 heteroatoms. The molecule has 2 N–H and O–H groups in total. The largest absolute Gasteiger partial charge is 0.497 e. The number of methoxy groups -OCH3 is 1. The zero-order valence-corrected chi connectivity index (χ0v) is 19.4. The second kappa shape index (κ2) is 10.8. The maximum absolute atomic E-state index is 12.6. The van der Waals surface area contributed by atoms with Crippen LogP contribution in [0, 0.1) is 6.92 Å². The third-order valence-electron chi connectivity index (χ3n) is 4.90. The van der Waals surface area contributed by atoms with E-state index in [0.717, 1.165) is 11.3 Å². The smallest absolute Gasteiger partial charge is 0.251 e. The average Bonchev–Trinajstić information content (AvgIpc) is 3.22. The van der Waals surface area contributed by atoms with Gasteiger partial charge in [0, 0.05) is 17.8 Å². The number of para-hydroxylation sites is 1. The Morgan fingerprint density at radius 3 is 2.50 bits per heavy atom. The molecule has 2 amide bonds. The number of carbonyl (C=O) groups is 2. The number of benzene rings is 2. The van der Waals surface area contributed by atoms with Crippen molar-refractivity contribution in [2.75, 3.05) is 18.2 Å². The quantitative estimate of drug-likeness (QED) is 0.478. The monoisotopic (exact) mass is 453 g/mol. The highest BCUT2D eigenvalue weighted by atomic mass is 32.2. The fraction of sp³-hybridized carbons (Fsp3) is 0.304. The first-order valence-electron chi connectivity index (χ1n) is 10.3. The van der Waals surface area contributed by atoms with E-state index < -0.39 is 0 Å². The van der Waals surface area contributed by atoms with Gasteiger partial charge < -0.3 is 19.9 Å². The summed E-state index contributed by atoms with van der Waals surface area (Å²) < 4.78 is 7.03. The fourth-order valence-corrected chi connectivity index (χ4v) is 3.95. The molecular formula is C23H27N5O3S. The van der Waals surface area contributed by atoms with Gasteiger partial charge in [0.05, 0.1) is 18.9 Å². The number of rotatable bonds is 9. The van der Waals surface area contributed by atoms with Crippen LogP contribution in [0.3, 0.4) is 0 Å². The van der Waals surface area contributed by atoms with Crippen LogP contribution in [0.5, 0.6) is 5.75 Å². The Kier molecular flexibility index (Phi) is 7.88. The van der Waals surface area contributed by atoms with Crippen LogP contribution in [0.1, 0.15) is 41.6 Å². The summed E-state index contributed by atoms with van der Waals surface area (Å²) in [5.41, 5.74) is 2.33. The minimum Gasteiger partial charge on any atom is -0.497 e. The predicted octanol–water partition coefficient (Wildman–Crippen LogP) is 3.84. The van der Waals surface area contributed by atoms with E-state index >= 15 is 0 Å². The summed E-state index contributed by atoms with van der Waals surface area (Å²) in [6.07, 6.45) is 0. The van der Waals surface area contributed by atoms with Gasteiger partial charge in [0.1, 0.15) is 5.75 Å². The molecule has 0 saturated carbocycles. The first kappa shape index (κ1) is 23.3. The maximum Gasteiger partial charge on any atom is 0.251 e. The molecule has 32 heavy (non-hydrogen) atoms. The van der Waals surface area contributed by atoms with Crippen molar-refractivity contribution in [2.24, 2.45) is 0 Å². The van der Waals surface area contributed by atoms with Crippen molar-refractivity contribution in [3.63, 3.8) is 0 Å². The second-order valence-corrected chi connectivity index (χ2v) is 8.10. The Morgan fingerprint density at radius 1 is 1.12 bits per heavy atom. The fourth-order valence-electron chi connectivity index (χ4n) is 3.14. The minimum atomic E-state index is -0.354. The number of aryl methyl sites for hydroxylation is 1. The van der Waals surface area contributed by atoms with Gasteiger partial charge in [-0.3, -0.25) is 9.59 Å². The highest BCUT2D eigenvalue weighted by Crippen LogP contribution is 2.22. The number of hydrogen-bond acceptors (Lipinski definition) is 6. The molecule has 0 saturated heterocycles. The van der Waals surface area contributed by atoms with Crippen molar-refractivity contribution in [2.45, 2.75) is 38.5 Å². The summed E-state index contributed by atoms with van der Waals surface area (Å²) >= 11 is 1.31. The van der Waals surface area contributed by atoms with Gasteiger partial charge in [-0.2, -0.15) is 0 Å². The molecule has 0 aliphatic rings. The van der Waals surface area contributed by atoms with Gasteiger partial charge in [-0.1, -0.05) is 30.0 Å². The van der Waals surface area contributed by atoms with E-state index in [0.29, 0.717) is 28.8 Å². The normalized spacial score (nSPS) is 11.6. The molecule has 0 aliphatic heterocycles. The van der Waals surface area contributed by atoms with Gasteiger partial charge in [0.2, 0.25) is 5.91 Å². The topological polar surface area (TPSA) is 98.1 Å². The maximum atomic E-state index is 12.6. The molecule has 168 valence electrons. The summed E-state index contributed by atoms with van der Waals surface area (Å²) in [6, 6.07) is 14.2. The molecule has 1 atom stereocenters. The van der Waals surface area contributed by atoms with Crippen LogP contribution < -0.4 is 15.4 Å². The second-order valence-electron chi connectivity index (χ2n) is 7.16. The molecule has 0 fully saturated rings. The highest BCUT2D eigenvalue weighted by molar-refractivity contribution is 7.99. The third kappa shape index (κ3) is 5.67. The van der Waals surface area contributed by atoms with Crippen molar-refractivity contribution < 1.29 is 14.3 Å². The van der Waals surface area contributed by atoms with E-state index in [1.54, 1.807) is 31.4 Å². The van der Waals surface area contributed by atoms with Crippen LogP contribution in [0.25, 0.3) is 0 Å². The third-order valence-corrected chi connectivity index (χ3v) is 5.87. The summed E-state index contributed by atoms with van der Waals surface area (Å²) in [7, 11) is 1.58. The SMILES string of the molecule is CCn1c(SCC(=O)Nc2ccccc2C)nnc1[C@H](C)NC(=O)c1ccc(OC)cc1. The van der Waals surface area contributed by atoms with Gasteiger partial charge in [-0.05, 0) is 56.7 Å². The van der Waals surface area contributed by atoms with Crippen molar-refractivity contribution >= 4 is 29.3 Å². The molecule has 8 nitrogen and oxygen atoms in total. The van der Waals surface area contributed by atoms with E-state index in [9.17, 15) is 9.59 Å². The highest BCUT2D eigenvalue weighted by Gasteiger charge is 2.20. The number of thioether (sulfide) groups is 1. The number of carbonyl (C=O) groups excluding carboxylic acids is 2. The van der Waals surface area contributed by atoms with E-state index in [1.165, 1.54) is 11.8 Å². The Hall–Kier alpha value is -3.33. The van der Waals surface area contributed by atoms with Crippen molar-refractivity contribution in [1.82, 2.24) is 20.1 Å². The number of ether oxygens (including phenoxy) is 1. The van der Waals surface area contributed by atoms with Crippen LogP contribution in [0.2, 0.25) is 0 Å². The summed E-state index contributed by atoms with van der Waals surface area (Å²) in [6.45, 7) is 6.40. The van der Waals surface area contributed by atoms with E-state index in [1.807, 2.05) is 49.6 Å². The minimum absolute atomic E-state index is 0.114. The molecule has 0 aliphatic carbocycles. The zero-order valence-electron chi connectivity index (χ0n) is 18.6. The Balaban J connectivity index is 1.62. The Labute approximate surface area is 191 Å². The lowest BCUT2D eigenvalue weighted by Crippen LogP contribution is -2.28. The van der Waals surface area contributed by atoms with Crippen LogP contribution in [0.4, 0.5) is 5.69 Å². The van der Waals surface area contributed by atoms with E-state index in [4.69, 9.17) is 4.74 Å². The van der Waals surface area contributed by atoms with Crippen LogP contribution in [0.15, 0.2) is 53.7 Å². The van der Waals surface area contributed by atoms with Crippen LogP contribution in [-0.4, -0.2) is 39.4 Å². The van der Waals surface area contributed by atoms with E-state index in [2.05, 4.69) is 20.8 Å². The molecule has 3 rings (SSSR count). The van der Waals surface area contributed by atoms with Crippen LogP contribution >= 0.6 is 11.8 Å². The molecular weight excluding hydrogens is 426 g/mol. The summed E-state index contributed by atoms with van der Waals surface area (Å²) in [5, 5.41) is 15.0. The molecule has 1 aromatic heterocycles. The first-order valence-corrected chi connectivity index (χ1v) is 11.3. The average molecular weight is 454 g/mol. The summed E-state index contributed by atoms with van der Waals surface area (Å²) in [4.78, 5) is 25.0. The lowest BCUT2D eigenvalue weighted by atomic mass is 10.2. The molecule has 0 unspecified atom stereocenters. The number of hydrogen-bond donors (Lipinski definition) is 2. The van der Waals surface area contributed by atoms with Crippen LogP contribution in [-0.2, 0) is 11.3 Å². The molecule has 0 radical (unpaired) electrons. The van der Waals surface area contributed by atoms with Gasteiger partial charge in [-0.15, -0.1) is 10.2 Å². The lowest BCUT2D eigenvalue weighted by molar-refractivity contribution is -0.113. The first-order chi connectivity index (χ1) is 15.4. The Morgan fingerprint density at radius 2 is 1.84 bits per heavy atom. The zero-order chi connectivity index (χ0) is 23.1. The number of anilines is 1. The molecule has 2 aromatic carbocycles. The van der Waals surface area contributed by atoms with Gasteiger partial charge in [-0.25, -0.2) is 0 Å². The van der Waals surface area contributed by atoms with Gasteiger partial charge in [0.25, 0.3) is 5.91 Å². The van der Waals surface area contributed by atoms with Crippen molar-refractivity contribution in [1.29, 1.82) is 0 Å². The number of nitrogens with zero attached hydrogens (tertiary/aromatic N) is 3. The number of amides is 2. The molecule has 0 spiro atoms. The van der Waals surface area contributed by atoms with E-state index in [-0.39, 0.29) is 23.6 Å².